The Kier molecular flexibility index (Phi) is 6.20. The van der Waals surface area contributed by atoms with Gasteiger partial charge in [0, 0.05) is 54.7 Å². The lowest BCUT2D eigenvalue weighted by molar-refractivity contribution is 0.648. The second kappa shape index (κ2) is 11.1. The maximum Gasteiger partial charge on any atom is 0.0641 e. The Morgan fingerprint density at radius 1 is 0.490 bits per heavy atom. The molecule has 0 fully saturated rings. The Labute approximate surface area is 296 Å². The Morgan fingerprint density at radius 2 is 1.18 bits per heavy atom. The summed E-state index contributed by atoms with van der Waals surface area (Å²) in [5.41, 5.74) is 12.5. The third kappa shape index (κ3) is 4.18. The Balaban J connectivity index is 1.18. The summed E-state index contributed by atoms with van der Waals surface area (Å²) in [5.74, 6) is 0. The van der Waals surface area contributed by atoms with Gasteiger partial charge in [-0.2, -0.15) is 0 Å². The Hall–Kier alpha value is -6.32. The summed E-state index contributed by atoms with van der Waals surface area (Å²) in [6, 6.07) is 47.7. The van der Waals surface area contributed by atoms with Crippen LogP contribution in [0.15, 0.2) is 170 Å². The number of allylic oxidation sites excluding steroid dienone is 8. The Morgan fingerprint density at radius 3 is 1.96 bits per heavy atom. The van der Waals surface area contributed by atoms with Gasteiger partial charge in [0.25, 0.3) is 0 Å². The van der Waals surface area contributed by atoms with Gasteiger partial charge in [-0.15, -0.1) is 0 Å². The van der Waals surface area contributed by atoms with E-state index in [1.54, 1.807) is 0 Å². The molecule has 1 atom stereocenters. The summed E-state index contributed by atoms with van der Waals surface area (Å²) in [5, 5.41) is 7.75. The molecule has 9 aromatic rings. The molecular weight excluding hydrogens is 619 g/mol. The smallest absolute Gasteiger partial charge is 0.0641 e. The minimum absolute atomic E-state index is 0.318. The van der Waals surface area contributed by atoms with Crippen molar-refractivity contribution >= 4 is 71.1 Å². The van der Waals surface area contributed by atoms with Crippen molar-refractivity contribution in [2.75, 3.05) is 0 Å². The molecule has 0 amide bonds. The number of nitrogens with zero attached hydrogens (tertiary/aromatic N) is 3. The van der Waals surface area contributed by atoms with Crippen LogP contribution >= 0.6 is 0 Å². The van der Waals surface area contributed by atoms with E-state index in [0.29, 0.717) is 6.04 Å². The zero-order valence-electron chi connectivity index (χ0n) is 28.2. The van der Waals surface area contributed by atoms with Crippen LogP contribution in [-0.2, 0) is 0 Å². The lowest BCUT2D eigenvalue weighted by Crippen LogP contribution is -2.06. The molecule has 0 N–H and O–H groups in total. The molecule has 3 heterocycles. The molecule has 0 bridgehead atoms. The van der Waals surface area contributed by atoms with Crippen LogP contribution in [0, 0.1) is 0 Å². The third-order valence-corrected chi connectivity index (χ3v) is 11.1. The quantitative estimate of drug-likeness (QED) is 0.180. The zero-order chi connectivity index (χ0) is 33.5. The van der Waals surface area contributed by atoms with Crippen molar-refractivity contribution in [1.82, 2.24) is 13.7 Å². The van der Waals surface area contributed by atoms with E-state index < -0.39 is 0 Å². The molecule has 3 heteroatoms. The van der Waals surface area contributed by atoms with Crippen LogP contribution in [-0.4, -0.2) is 13.7 Å². The lowest BCUT2D eigenvalue weighted by atomic mass is 10.00. The first-order valence-electron chi connectivity index (χ1n) is 18.1. The van der Waals surface area contributed by atoms with Gasteiger partial charge >= 0.3 is 0 Å². The van der Waals surface area contributed by atoms with Crippen LogP contribution in [0.1, 0.15) is 25.3 Å². The monoisotopic (exact) mass is 653 g/mol. The molecule has 1 unspecified atom stereocenters. The molecule has 0 saturated heterocycles. The summed E-state index contributed by atoms with van der Waals surface area (Å²) in [4.78, 5) is 0. The van der Waals surface area contributed by atoms with E-state index in [-0.39, 0.29) is 0 Å². The number of rotatable bonds is 4. The number of aromatic nitrogens is 3. The molecule has 2 aliphatic carbocycles. The first-order chi connectivity index (χ1) is 25.3. The average molecular weight is 654 g/mol. The van der Waals surface area contributed by atoms with E-state index in [2.05, 4.69) is 184 Å². The molecule has 3 nitrogen and oxygen atoms in total. The topological polar surface area (TPSA) is 14.8 Å². The summed E-state index contributed by atoms with van der Waals surface area (Å²) in [6.45, 7) is 0. The standard InChI is InChI=1S/C48H35N3/c1-4-14-34(15-5-1)49-42-22-12-10-20-37(42)40-30-32(24-27-44(40)49)33-25-28-45-41(31-33)38-26-29-46-47(48(38)51(45)36-18-8-3-9-19-36)39-21-11-13-23-43(39)50(46)35-16-6-2-7-17-35/h1-2,4-8,10-14,16-31,34H,3,9,15H2. The summed E-state index contributed by atoms with van der Waals surface area (Å²) < 4.78 is 7.47. The molecule has 0 aliphatic heterocycles. The predicted molar refractivity (Wildman–Crippen MR) is 217 cm³/mol. The molecule has 6 aromatic carbocycles. The molecule has 51 heavy (non-hydrogen) atoms. The SMILES string of the molecule is C1=CCC(n2c3ccccc3c3cc(-c4ccc5c(c4)c4ccc6c(c7ccccc7n6-c6ccccc6)c4n5C4=CCCC=C4)ccc32)C=C1. The highest BCUT2D eigenvalue weighted by atomic mass is 15.0. The van der Waals surface area contributed by atoms with Crippen molar-refractivity contribution < 1.29 is 0 Å². The molecular formula is C48H35N3. The van der Waals surface area contributed by atoms with Crippen LogP contribution in [0.3, 0.4) is 0 Å². The zero-order valence-corrected chi connectivity index (χ0v) is 28.2. The molecule has 11 rings (SSSR count). The number of fused-ring (bicyclic) bond motifs is 10. The van der Waals surface area contributed by atoms with Crippen LogP contribution in [0.5, 0.6) is 0 Å². The van der Waals surface area contributed by atoms with Gasteiger partial charge in [-0.25, -0.2) is 0 Å². The van der Waals surface area contributed by atoms with E-state index in [0.717, 1.165) is 19.3 Å². The van der Waals surface area contributed by atoms with Crippen LogP contribution in [0.25, 0.3) is 87.9 Å². The minimum atomic E-state index is 0.318. The van der Waals surface area contributed by atoms with Crippen molar-refractivity contribution in [2.24, 2.45) is 0 Å². The third-order valence-electron chi connectivity index (χ3n) is 11.1. The summed E-state index contributed by atoms with van der Waals surface area (Å²) in [7, 11) is 0. The van der Waals surface area contributed by atoms with E-state index in [4.69, 9.17) is 0 Å². The van der Waals surface area contributed by atoms with Crippen LogP contribution < -0.4 is 0 Å². The minimum Gasteiger partial charge on any atom is -0.333 e. The molecule has 0 radical (unpaired) electrons. The van der Waals surface area contributed by atoms with E-state index in [1.807, 2.05) is 0 Å². The summed E-state index contributed by atoms with van der Waals surface area (Å²) in [6.07, 6.45) is 19.1. The maximum atomic E-state index is 2.52. The normalized spacial score (nSPS) is 16.1. The van der Waals surface area contributed by atoms with Crippen molar-refractivity contribution in [3.8, 4) is 16.8 Å². The highest BCUT2D eigenvalue weighted by Gasteiger charge is 2.22. The highest BCUT2D eigenvalue weighted by molar-refractivity contribution is 6.27. The molecule has 2 aliphatic rings. The summed E-state index contributed by atoms with van der Waals surface area (Å²) >= 11 is 0. The van der Waals surface area contributed by atoms with Gasteiger partial charge in [0.2, 0.25) is 0 Å². The van der Waals surface area contributed by atoms with E-state index in [1.165, 1.54) is 87.9 Å². The largest absolute Gasteiger partial charge is 0.333 e. The van der Waals surface area contributed by atoms with Gasteiger partial charge in [0.15, 0.2) is 0 Å². The van der Waals surface area contributed by atoms with E-state index >= 15 is 0 Å². The first kappa shape index (κ1) is 28.5. The maximum absolute atomic E-state index is 2.52. The average Bonchev–Trinajstić information content (AvgIpc) is 3.84. The van der Waals surface area contributed by atoms with Gasteiger partial charge in [0.05, 0.1) is 28.1 Å². The van der Waals surface area contributed by atoms with Crippen LogP contribution in [0.2, 0.25) is 0 Å². The van der Waals surface area contributed by atoms with Gasteiger partial charge in [-0.05, 0) is 91.1 Å². The van der Waals surface area contributed by atoms with Crippen LogP contribution in [0.4, 0.5) is 0 Å². The predicted octanol–water partition coefficient (Wildman–Crippen LogP) is 12.9. The second-order valence-electron chi connectivity index (χ2n) is 14.0. The van der Waals surface area contributed by atoms with Crippen molar-refractivity contribution in [3.05, 3.63) is 170 Å². The lowest BCUT2D eigenvalue weighted by Gasteiger charge is -2.18. The van der Waals surface area contributed by atoms with Gasteiger partial charge in [-0.3, -0.25) is 0 Å². The fraction of sp³-hybridized carbons (Fsp3) is 0.0833. The number of hydrogen-bond donors (Lipinski definition) is 0. The highest BCUT2D eigenvalue weighted by Crippen LogP contribution is 2.44. The van der Waals surface area contributed by atoms with Crippen molar-refractivity contribution in [2.45, 2.75) is 25.3 Å². The first-order valence-corrected chi connectivity index (χ1v) is 18.1. The van der Waals surface area contributed by atoms with Gasteiger partial charge in [-0.1, -0.05) is 109 Å². The molecule has 242 valence electrons. The molecule has 3 aromatic heterocycles. The van der Waals surface area contributed by atoms with Crippen molar-refractivity contribution in [3.63, 3.8) is 0 Å². The molecule has 0 saturated carbocycles. The number of benzene rings is 6. The number of para-hydroxylation sites is 3. The van der Waals surface area contributed by atoms with Gasteiger partial charge in [0.1, 0.15) is 0 Å². The second-order valence-corrected chi connectivity index (χ2v) is 14.0. The van der Waals surface area contributed by atoms with Crippen molar-refractivity contribution in [1.29, 1.82) is 0 Å². The van der Waals surface area contributed by atoms with E-state index in [9.17, 15) is 0 Å². The fourth-order valence-corrected chi connectivity index (χ4v) is 8.93. The Bertz CT molecular complexity index is 2990. The fourth-order valence-electron chi connectivity index (χ4n) is 8.93. The number of hydrogen-bond acceptors (Lipinski definition) is 0. The molecule has 0 spiro atoms. The van der Waals surface area contributed by atoms with Gasteiger partial charge < -0.3 is 13.7 Å².